The molecular weight excluding hydrogens is 338 g/mol. The van der Waals surface area contributed by atoms with Crippen LogP contribution in [-0.2, 0) is 20.8 Å². The maximum absolute atomic E-state index is 12.9. The Labute approximate surface area is 152 Å². The standard InChI is InChI=1S/C18H25N3O5/c22-16(23)18(6-10-25-11-7-18)20-17(24)21(13-15-5-3-9-26-15)12-14-4-1-2-8-19-14/h1-2,4,8,15H,3,5-7,9-13H2,(H,20,24)(H,22,23). The van der Waals surface area contributed by atoms with Crippen molar-refractivity contribution in [2.75, 3.05) is 26.4 Å². The van der Waals surface area contributed by atoms with E-state index in [9.17, 15) is 14.7 Å². The Morgan fingerprint density at radius 1 is 1.31 bits per heavy atom. The molecule has 0 aromatic carbocycles. The Kier molecular flexibility index (Phi) is 6.05. The molecule has 0 spiro atoms. The number of aromatic nitrogens is 1. The average molecular weight is 363 g/mol. The minimum atomic E-state index is -1.28. The second-order valence-electron chi connectivity index (χ2n) is 6.77. The fourth-order valence-electron chi connectivity index (χ4n) is 3.34. The van der Waals surface area contributed by atoms with Crippen molar-refractivity contribution in [1.29, 1.82) is 0 Å². The number of hydrogen-bond acceptors (Lipinski definition) is 5. The number of carboxylic acid groups (broad SMARTS) is 1. The lowest BCUT2D eigenvalue weighted by molar-refractivity contribution is -0.148. The second-order valence-corrected chi connectivity index (χ2v) is 6.77. The smallest absolute Gasteiger partial charge is 0.329 e. The number of hydrogen-bond donors (Lipinski definition) is 2. The van der Waals surface area contributed by atoms with Crippen molar-refractivity contribution in [3.63, 3.8) is 0 Å². The largest absolute Gasteiger partial charge is 0.480 e. The van der Waals surface area contributed by atoms with Gasteiger partial charge in [0.15, 0.2) is 0 Å². The van der Waals surface area contributed by atoms with Crippen LogP contribution in [0.15, 0.2) is 24.4 Å². The number of urea groups is 1. The molecule has 1 aromatic rings. The maximum atomic E-state index is 12.9. The highest BCUT2D eigenvalue weighted by Crippen LogP contribution is 2.22. The van der Waals surface area contributed by atoms with Gasteiger partial charge in [0, 0.05) is 45.4 Å². The number of ether oxygens (including phenoxy) is 2. The second kappa shape index (κ2) is 8.46. The SMILES string of the molecule is O=C(NC1(C(=O)O)CCOCC1)N(Cc1ccccn1)CC1CCCO1. The summed E-state index contributed by atoms with van der Waals surface area (Å²) in [6.07, 6.45) is 4.02. The lowest BCUT2D eigenvalue weighted by Crippen LogP contribution is -2.60. The number of carboxylic acids is 1. The van der Waals surface area contributed by atoms with Crippen LogP contribution in [0.5, 0.6) is 0 Å². The lowest BCUT2D eigenvalue weighted by Gasteiger charge is -2.36. The highest BCUT2D eigenvalue weighted by atomic mass is 16.5. The molecule has 0 aliphatic carbocycles. The van der Waals surface area contributed by atoms with E-state index in [-0.39, 0.29) is 18.9 Å². The van der Waals surface area contributed by atoms with Gasteiger partial charge >= 0.3 is 12.0 Å². The summed E-state index contributed by atoms with van der Waals surface area (Å²) in [5.41, 5.74) is -0.536. The van der Waals surface area contributed by atoms with E-state index in [1.54, 1.807) is 11.1 Å². The molecule has 2 fully saturated rings. The highest BCUT2D eigenvalue weighted by molar-refractivity contribution is 5.86. The Hall–Kier alpha value is -2.19. The Bertz CT molecular complexity index is 613. The molecule has 8 nitrogen and oxygen atoms in total. The minimum Gasteiger partial charge on any atom is -0.480 e. The summed E-state index contributed by atoms with van der Waals surface area (Å²) < 4.78 is 10.9. The Morgan fingerprint density at radius 3 is 2.73 bits per heavy atom. The third kappa shape index (κ3) is 4.50. The van der Waals surface area contributed by atoms with Gasteiger partial charge in [-0.3, -0.25) is 4.98 Å². The molecule has 2 saturated heterocycles. The van der Waals surface area contributed by atoms with Gasteiger partial charge in [-0.05, 0) is 25.0 Å². The molecule has 1 unspecified atom stereocenters. The van der Waals surface area contributed by atoms with Gasteiger partial charge in [0.05, 0.1) is 18.3 Å². The molecule has 1 aromatic heterocycles. The molecule has 0 bridgehead atoms. The zero-order valence-electron chi connectivity index (χ0n) is 14.7. The van der Waals surface area contributed by atoms with Gasteiger partial charge in [-0.25, -0.2) is 9.59 Å². The van der Waals surface area contributed by atoms with Gasteiger partial charge in [0.25, 0.3) is 0 Å². The summed E-state index contributed by atoms with van der Waals surface area (Å²) in [5.74, 6) is -1.02. The van der Waals surface area contributed by atoms with E-state index in [4.69, 9.17) is 9.47 Å². The summed E-state index contributed by atoms with van der Waals surface area (Å²) in [6, 6.07) is 5.12. The summed E-state index contributed by atoms with van der Waals surface area (Å²) in [4.78, 5) is 30.6. The Morgan fingerprint density at radius 2 is 2.12 bits per heavy atom. The van der Waals surface area contributed by atoms with Crippen molar-refractivity contribution in [3.8, 4) is 0 Å². The maximum Gasteiger partial charge on any atom is 0.329 e. The van der Waals surface area contributed by atoms with E-state index in [1.165, 1.54) is 0 Å². The van der Waals surface area contributed by atoms with Gasteiger partial charge in [0.1, 0.15) is 5.54 Å². The summed E-state index contributed by atoms with van der Waals surface area (Å²) in [7, 11) is 0. The van der Waals surface area contributed by atoms with Crippen LogP contribution in [0, 0.1) is 0 Å². The first-order valence-corrected chi connectivity index (χ1v) is 8.99. The molecular formula is C18H25N3O5. The normalized spacial score (nSPS) is 21.9. The number of pyridine rings is 1. The fraction of sp³-hybridized carbons (Fsp3) is 0.611. The zero-order chi connectivity index (χ0) is 18.4. The molecule has 3 heterocycles. The van der Waals surface area contributed by atoms with Gasteiger partial charge in [-0.15, -0.1) is 0 Å². The number of nitrogens with zero attached hydrogens (tertiary/aromatic N) is 2. The van der Waals surface area contributed by atoms with Crippen LogP contribution >= 0.6 is 0 Å². The molecule has 2 aliphatic rings. The van der Waals surface area contributed by atoms with Crippen molar-refractivity contribution in [2.24, 2.45) is 0 Å². The van der Waals surface area contributed by atoms with Crippen LogP contribution in [0.1, 0.15) is 31.4 Å². The zero-order valence-corrected chi connectivity index (χ0v) is 14.7. The topological polar surface area (TPSA) is 101 Å². The first-order chi connectivity index (χ1) is 12.6. The molecule has 2 aliphatic heterocycles. The van der Waals surface area contributed by atoms with E-state index in [0.717, 1.165) is 18.5 Å². The fourth-order valence-corrected chi connectivity index (χ4v) is 3.34. The minimum absolute atomic E-state index is 0.0278. The van der Waals surface area contributed by atoms with Crippen LogP contribution in [0.2, 0.25) is 0 Å². The van der Waals surface area contributed by atoms with Crippen molar-refractivity contribution < 1.29 is 24.2 Å². The molecule has 8 heteroatoms. The van der Waals surface area contributed by atoms with Gasteiger partial charge < -0.3 is 24.8 Å². The summed E-state index contributed by atoms with van der Waals surface area (Å²) >= 11 is 0. The number of amides is 2. The third-order valence-corrected chi connectivity index (χ3v) is 4.92. The third-order valence-electron chi connectivity index (χ3n) is 4.92. The molecule has 2 amide bonds. The van der Waals surface area contributed by atoms with Gasteiger partial charge in [-0.2, -0.15) is 0 Å². The number of carbonyl (C=O) groups is 2. The van der Waals surface area contributed by atoms with Crippen LogP contribution < -0.4 is 5.32 Å². The lowest BCUT2D eigenvalue weighted by atomic mass is 9.90. The summed E-state index contributed by atoms with van der Waals surface area (Å²) in [5, 5.41) is 12.4. The predicted molar refractivity (Wildman–Crippen MR) is 92.6 cm³/mol. The predicted octanol–water partition coefficient (Wildman–Crippen LogP) is 1.41. The van der Waals surface area contributed by atoms with E-state index in [2.05, 4.69) is 10.3 Å². The highest BCUT2D eigenvalue weighted by Gasteiger charge is 2.42. The average Bonchev–Trinajstić information content (AvgIpc) is 3.16. The van der Waals surface area contributed by atoms with E-state index in [0.29, 0.717) is 32.9 Å². The van der Waals surface area contributed by atoms with Crippen molar-refractivity contribution in [1.82, 2.24) is 15.2 Å². The van der Waals surface area contributed by atoms with Crippen LogP contribution in [0.25, 0.3) is 0 Å². The monoisotopic (exact) mass is 363 g/mol. The first-order valence-electron chi connectivity index (χ1n) is 8.99. The van der Waals surface area contributed by atoms with Crippen LogP contribution in [0.3, 0.4) is 0 Å². The molecule has 3 rings (SSSR count). The van der Waals surface area contributed by atoms with Crippen molar-refractivity contribution in [2.45, 2.75) is 43.9 Å². The molecule has 26 heavy (non-hydrogen) atoms. The number of aliphatic carboxylic acids is 1. The van der Waals surface area contributed by atoms with Crippen molar-refractivity contribution >= 4 is 12.0 Å². The van der Waals surface area contributed by atoms with Crippen LogP contribution in [-0.4, -0.2) is 65.0 Å². The summed E-state index contributed by atoms with van der Waals surface area (Å²) in [6.45, 7) is 2.05. The van der Waals surface area contributed by atoms with Gasteiger partial charge in [-0.1, -0.05) is 6.07 Å². The van der Waals surface area contributed by atoms with E-state index >= 15 is 0 Å². The number of rotatable bonds is 6. The number of nitrogens with one attached hydrogen (secondary N) is 1. The van der Waals surface area contributed by atoms with Gasteiger partial charge in [0.2, 0.25) is 0 Å². The molecule has 2 N–H and O–H groups in total. The molecule has 1 atom stereocenters. The number of carbonyl (C=O) groups excluding carboxylic acids is 1. The first kappa shape index (κ1) is 18.6. The van der Waals surface area contributed by atoms with Crippen molar-refractivity contribution in [3.05, 3.63) is 30.1 Å². The van der Waals surface area contributed by atoms with Crippen LogP contribution in [0.4, 0.5) is 4.79 Å². The van der Waals surface area contributed by atoms with E-state index < -0.39 is 17.5 Å². The molecule has 142 valence electrons. The molecule has 0 saturated carbocycles. The molecule has 0 radical (unpaired) electrons. The Balaban J connectivity index is 1.73. The van der Waals surface area contributed by atoms with E-state index in [1.807, 2.05) is 18.2 Å². The quantitative estimate of drug-likeness (QED) is 0.792.